The van der Waals surface area contributed by atoms with Crippen molar-refractivity contribution in [3.63, 3.8) is 0 Å². The van der Waals surface area contributed by atoms with E-state index >= 15 is 0 Å². The molecule has 100 valence electrons. The Bertz CT molecular complexity index is 397. The first-order chi connectivity index (χ1) is 8.48. The monoisotopic (exact) mass is 271 g/mol. The lowest BCUT2D eigenvalue weighted by atomic mass is 10.1. The molecule has 2 amide bonds. The van der Waals surface area contributed by atoms with Crippen molar-refractivity contribution in [2.24, 2.45) is 5.16 Å². The number of carbonyl (C=O) groups excluding carboxylic acids is 2. The van der Waals surface area contributed by atoms with Gasteiger partial charge in [-0.25, -0.2) is 4.79 Å². The predicted octanol–water partition coefficient (Wildman–Crippen LogP) is 1.54. The van der Waals surface area contributed by atoms with Gasteiger partial charge in [0.15, 0.2) is 0 Å². The Morgan fingerprint density at radius 1 is 1.72 bits per heavy atom. The zero-order valence-corrected chi connectivity index (χ0v) is 11.5. The summed E-state index contributed by atoms with van der Waals surface area (Å²) in [6, 6.07) is 0. The summed E-state index contributed by atoms with van der Waals surface area (Å²) < 4.78 is -0.562. The molecule has 1 unspecified atom stereocenters. The Kier molecular flexibility index (Phi) is 4.77. The van der Waals surface area contributed by atoms with Gasteiger partial charge in [-0.05, 0) is 18.5 Å². The number of nitrogens with zero attached hydrogens (tertiary/aromatic N) is 2. The van der Waals surface area contributed by atoms with Crippen LogP contribution in [0, 0.1) is 0 Å². The van der Waals surface area contributed by atoms with Crippen LogP contribution in [-0.2, 0) is 9.63 Å². The maximum Gasteiger partial charge on any atom is 0.433 e. The number of rotatable bonds is 4. The third kappa shape index (κ3) is 2.84. The van der Waals surface area contributed by atoms with Crippen molar-refractivity contribution in [1.82, 2.24) is 10.2 Å². The number of amidine groups is 1. The number of oxime groups is 1. The molecule has 0 aliphatic carbocycles. The third-order valence-corrected chi connectivity index (χ3v) is 4.03. The first-order valence-corrected chi connectivity index (χ1v) is 6.38. The second-order valence-corrected chi connectivity index (χ2v) is 5.36. The van der Waals surface area contributed by atoms with Crippen LogP contribution in [0.1, 0.15) is 20.3 Å². The fourth-order valence-electron chi connectivity index (χ4n) is 1.38. The minimum atomic E-state index is -0.667. The lowest BCUT2D eigenvalue weighted by Gasteiger charge is -2.18. The fourth-order valence-corrected chi connectivity index (χ4v) is 2.47. The summed E-state index contributed by atoms with van der Waals surface area (Å²) in [6.07, 6.45) is 1.61. The van der Waals surface area contributed by atoms with Crippen LogP contribution in [0.25, 0.3) is 0 Å². The van der Waals surface area contributed by atoms with Crippen LogP contribution in [0.4, 0.5) is 4.79 Å². The lowest BCUT2D eigenvalue weighted by molar-refractivity contribution is -0.128. The Hall–Kier alpha value is -1.50. The number of hydrogen-bond acceptors (Lipinski definition) is 5. The summed E-state index contributed by atoms with van der Waals surface area (Å²) in [5, 5.41) is 6.38. The molecule has 1 atom stereocenters. The van der Waals surface area contributed by atoms with Crippen LogP contribution >= 0.6 is 11.8 Å². The van der Waals surface area contributed by atoms with E-state index in [0.717, 1.165) is 0 Å². The number of nitrogens with one attached hydrogen (secondary N) is 1. The Morgan fingerprint density at radius 3 is 2.89 bits per heavy atom. The molecule has 0 bridgehead atoms. The van der Waals surface area contributed by atoms with Crippen molar-refractivity contribution in [3.05, 3.63) is 12.7 Å². The molecular formula is C11H17N3O3S. The van der Waals surface area contributed by atoms with Gasteiger partial charge in [-0.3, -0.25) is 14.5 Å². The smallest absolute Gasteiger partial charge is 0.323 e. The second kappa shape index (κ2) is 5.90. The molecule has 18 heavy (non-hydrogen) atoms. The molecule has 1 N–H and O–H groups in total. The molecule has 0 radical (unpaired) electrons. The van der Waals surface area contributed by atoms with E-state index in [0.29, 0.717) is 18.1 Å². The SMILES string of the molecule is C=CCN1C(=O)C(C)(CC)SC1=NOC(=O)NC. The van der Waals surface area contributed by atoms with E-state index in [2.05, 4.69) is 21.9 Å². The van der Waals surface area contributed by atoms with Crippen molar-refractivity contribution < 1.29 is 14.4 Å². The van der Waals surface area contributed by atoms with Crippen LogP contribution in [0.2, 0.25) is 0 Å². The average Bonchev–Trinajstić information content (AvgIpc) is 2.61. The molecule has 0 saturated carbocycles. The Morgan fingerprint density at radius 2 is 2.39 bits per heavy atom. The van der Waals surface area contributed by atoms with Crippen LogP contribution < -0.4 is 5.32 Å². The van der Waals surface area contributed by atoms with Crippen molar-refractivity contribution in [1.29, 1.82) is 0 Å². The summed E-state index contributed by atoms with van der Waals surface area (Å²) in [7, 11) is 1.44. The van der Waals surface area contributed by atoms with Gasteiger partial charge in [0, 0.05) is 13.6 Å². The average molecular weight is 271 g/mol. The molecule has 0 aromatic heterocycles. The molecule has 1 aliphatic heterocycles. The minimum absolute atomic E-state index is 0.0471. The van der Waals surface area contributed by atoms with E-state index in [1.807, 2.05) is 13.8 Å². The number of amides is 2. The maximum atomic E-state index is 12.2. The molecule has 0 aromatic carbocycles. The second-order valence-electron chi connectivity index (χ2n) is 3.89. The first-order valence-electron chi connectivity index (χ1n) is 5.57. The predicted molar refractivity (Wildman–Crippen MR) is 71.2 cm³/mol. The van der Waals surface area contributed by atoms with Gasteiger partial charge in [-0.15, -0.1) is 6.58 Å². The standard InChI is InChI=1S/C11H17N3O3S/c1-5-7-14-8(15)11(3,6-2)18-9(14)13-17-10(16)12-4/h5H,1,6-7H2,2-4H3,(H,12,16). The molecule has 6 nitrogen and oxygen atoms in total. The number of carbonyl (C=O) groups is 2. The van der Waals surface area contributed by atoms with E-state index in [-0.39, 0.29) is 5.91 Å². The highest BCUT2D eigenvalue weighted by Crippen LogP contribution is 2.39. The van der Waals surface area contributed by atoms with E-state index in [4.69, 9.17) is 0 Å². The van der Waals surface area contributed by atoms with Gasteiger partial charge in [0.25, 0.3) is 0 Å². The van der Waals surface area contributed by atoms with Crippen LogP contribution in [0.3, 0.4) is 0 Å². The molecule has 7 heteroatoms. The minimum Gasteiger partial charge on any atom is -0.323 e. The molecule has 1 saturated heterocycles. The van der Waals surface area contributed by atoms with Crippen LogP contribution in [0.5, 0.6) is 0 Å². The first kappa shape index (κ1) is 14.6. The van der Waals surface area contributed by atoms with Gasteiger partial charge >= 0.3 is 6.09 Å². The third-order valence-electron chi connectivity index (χ3n) is 2.64. The zero-order chi connectivity index (χ0) is 13.8. The zero-order valence-electron chi connectivity index (χ0n) is 10.7. The van der Waals surface area contributed by atoms with E-state index in [1.165, 1.54) is 23.7 Å². The summed E-state index contributed by atoms with van der Waals surface area (Å²) in [5.74, 6) is -0.0471. The highest BCUT2D eigenvalue weighted by molar-refractivity contribution is 8.16. The fraction of sp³-hybridized carbons (Fsp3) is 0.545. The molecule has 1 heterocycles. The maximum absolute atomic E-state index is 12.2. The van der Waals surface area contributed by atoms with Crippen LogP contribution in [-0.4, -0.2) is 40.4 Å². The quantitative estimate of drug-likeness (QED) is 0.478. The van der Waals surface area contributed by atoms with Gasteiger partial charge in [0.1, 0.15) is 0 Å². The van der Waals surface area contributed by atoms with Crippen molar-refractivity contribution in [3.8, 4) is 0 Å². The lowest BCUT2D eigenvalue weighted by Crippen LogP contribution is -2.37. The van der Waals surface area contributed by atoms with Gasteiger partial charge in [0.05, 0.1) is 4.75 Å². The molecule has 1 fully saturated rings. The number of hydrogen-bond donors (Lipinski definition) is 1. The van der Waals surface area contributed by atoms with E-state index in [1.54, 1.807) is 6.08 Å². The van der Waals surface area contributed by atoms with Gasteiger partial charge in [-0.1, -0.05) is 24.8 Å². The van der Waals surface area contributed by atoms with Crippen molar-refractivity contribution >= 4 is 28.9 Å². The van der Waals surface area contributed by atoms with Gasteiger partial charge in [0.2, 0.25) is 11.1 Å². The summed E-state index contributed by atoms with van der Waals surface area (Å²) in [4.78, 5) is 29.3. The summed E-state index contributed by atoms with van der Waals surface area (Å²) in [5.41, 5.74) is 0. The molecular weight excluding hydrogens is 254 g/mol. The molecule has 0 spiro atoms. The summed E-state index contributed by atoms with van der Waals surface area (Å²) >= 11 is 1.30. The van der Waals surface area contributed by atoms with Crippen molar-refractivity contribution in [2.45, 2.75) is 25.0 Å². The van der Waals surface area contributed by atoms with E-state index in [9.17, 15) is 9.59 Å². The van der Waals surface area contributed by atoms with Gasteiger partial charge in [-0.2, -0.15) is 0 Å². The molecule has 1 rings (SSSR count). The van der Waals surface area contributed by atoms with Gasteiger partial charge < -0.3 is 5.32 Å². The summed E-state index contributed by atoms with van der Waals surface area (Å²) in [6.45, 7) is 7.72. The normalized spacial score (nSPS) is 25.4. The highest BCUT2D eigenvalue weighted by Gasteiger charge is 2.46. The number of thioether (sulfide) groups is 1. The largest absolute Gasteiger partial charge is 0.433 e. The molecule has 1 aliphatic rings. The highest BCUT2D eigenvalue weighted by atomic mass is 32.2. The van der Waals surface area contributed by atoms with Crippen LogP contribution in [0.15, 0.2) is 17.8 Å². The molecule has 0 aromatic rings. The topological polar surface area (TPSA) is 71.0 Å². The Balaban J connectivity index is 2.92. The Labute approximate surface area is 110 Å². The van der Waals surface area contributed by atoms with E-state index < -0.39 is 10.8 Å². The van der Waals surface area contributed by atoms with Crippen molar-refractivity contribution in [2.75, 3.05) is 13.6 Å².